The monoisotopic (exact) mass is 1170 g/mol. The molecule has 82 heavy (non-hydrogen) atoms. The van der Waals surface area contributed by atoms with Crippen molar-refractivity contribution < 1.29 is 19.1 Å². The summed E-state index contributed by atoms with van der Waals surface area (Å²) in [6.45, 7) is 9.83. The minimum atomic E-state index is -0.597. The van der Waals surface area contributed by atoms with Gasteiger partial charge in [-0.15, -0.1) is 37.2 Å². The number of aromatic nitrogens is 12. The number of aryl methyl sites for hydroxylation is 2. The fourth-order valence-electron chi connectivity index (χ4n) is 10.3. The Kier molecular flexibility index (Phi) is 19.1. The summed E-state index contributed by atoms with van der Waals surface area (Å²) in [5.74, 6) is 2.93. The van der Waals surface area contributed by atoms with E-state index >= 15 is 0 Å². The molecule has 0 aliphatic heterocycles. The Morgan fingerprint density at radius 3 is 1.54 bits per heavy atom. The van der Waals surface area contributed by atoms with Crippen LogP contribution in [0.2, 0.25) is 0 Å². The van der Waals surface area contributed by atoms with Crippen LogP contribution < -0.4 is 11.1 Å². The molecular formula is C59H71Cl3N16O4. The van der Waals surface area contributed by atoms with Gasteiger partial charge >= 0.3 is 6.09 Å². The Hall–Kier alpha value is -7.78. The molecule has 2 saturated carbocycles. The van der Waals surface area contributed by atoms with E-state index < -0.39 is 11.7 Å². The Morgan fingerprint density at radius 1 is 0.659 bits per heavy atom. The number of H-pyrrole nitrogens is 2. The Bertz CT molecular complexity index is 3800. The maximum Gasteiger partial charge on any atom is 0.407 e. The molecule has 2 aromatic carbocycles. The quantitative estimate of drug-likeness (QED) is 0.0595. The number of carbonyl (C=O) groups is 3. The van der Waals surface area contributed by atoms with E-state index in [1.54, 1.807) is 34.8 Å². The van der Waals surface area contributed by atoms with E-state index in [4.69, 9.17) is 20.4 Å². The highest BCUT2D eigenvalue weighted by atomic mass is 35.5. The van der Waals surface area contributed by atoms with Crippen molar-refractivity contribution >= 4 is 99.3 Å². The maximum atomic E-state index is 13.8. The van der Waals surface area contributed by atoms with Crippen LogP contribution in [0.4, 0.5) is 4.79 Å². The number of nitrogens with one attached hydrogen (secondary N) is 3. The van der Waals surface area contributed by atoms with Gasteiger partial charge in [0.1, 0.15) is 16.9 Å². The first-order chi connectivity index (χ1) is 38.3. The van der Waals surface area contributed by atoms with Crippen molar-refractivity contribution in [2.45, 2.75) is 78.0 Å². The molecule has 0 unspecified atom stereocenters. The normalized spacial score (nSPS) is 13.0. The molecule has 20 nitrogen and oxygen atoms in total. The van der Waals surface area contributed by atoms with Gasteiger partial charge in [0.15, 0.2) is 11.6 Å². The number of imidazole rings is 4. The van der Waals surface area contributed by atoms with Crippen LogP contribution in [0.25, 0.3) is 67.2 Å². The number of rotatable bonds is 19. The molecule has 432 valence electrons. The fraction of sp³-hybridized carbons (Fsp3) is 0.373. The fourth-order valence-corrected chi connectivity index (χ4v) is 10.3. The predicted octanol–water partition coefficient (Wildman–Crippen LogP) is 9.56. The van der Waals surface area contributed by atoms with Crippen molar-refractivity contribution in [1.29, 1.82) is 0 Å². The molecule has 23 heteroatoms. The van der Waals surface area contributed by atoms with Gasteiger partial charge in [0.2, 0.25) is 0 Å². The molecule has 12 rings (SSSR count). The zero-order valence-electron chi connectivity index (χ0n) is 46.7. The van der Waals surface area contributed by atoms with Crippen LogP contribution in [0, 0.1) is 11.8 Å². The number of hydrogen-bond acceptors (Lipinski definition) is 11. The number of aromatic amines is 2. The molecule has 0 radical (unpaired) electrons. The van der Waals surface area contributed by atoms with Gasteiger partial charge in [-0.3, -0.25) is 9.59 Å². The van der Waals surface area contributed by atoms with E-state index in [1.165, 1.54) is 25.7 Å². The molecule has 0 saturated heterocycles. The van der Waals surface area contributed by atoms with E-state index in [0.29, 0.717) is 68.5 Å². The second-order valence-electron chi connectivity index (χ2n) is 21.9. The van der Waals surface area contributed by atoms with Gasteiger partial charge in [-0.2, -0.15) is 0 Å². The molecule has 3 amide bonds. The lowest BCUT2D eigenvalue weighted by molar-refractivity contribution is 0.0513. The number of nitrogens with zero attached hydrogens (tertiary/aromatic N) is 12. The number of halogens is 3. The average Bonchev–Trinajstić information content (AvgIpc) is 2.63. The van der Waals surface area contributed by atoms with Crippen molar-refractivity contribution in [3.8, 4) is 23.0 Å². The highest BCUT2D eigenvalue weighted by Gasteiger charge is 2.29. The summed E-state index contributed by atoms with van der Waals surface area (Å²) >= 11 is 0. The average molecular weight is 1170 g/mol. The van der Waals surface area contributed by atoms with Crippen LogP contribution in [0.3, 0.4) is 0 Å². The third-order valence-electron chi connectivity index (χ3n) is 14.7. The second-order valence-corrected chi connectivity index (χ2v) is 21.9. The maximum absolute atomic E-state index is 13.8. The topological polar surface area (TPSA) is 234 Å². The molecule has 0 bridgehead atoms. The van der Waals surface area contributed by atoms with Gasteiger partial charge in [-0.1, -0.05) is 0 Å². The molecule has 2 aliphatic carbocycles. The summed E-state index contributed by atoms with van der Waals surface area (Å²) in [6.07, 6.45) is 16.3. The van der Waals surface area contributed by atoms with E-state index in [0.717, 1.165) is 91.6 Å². The Labute approximate surface area is 493 Å². The third-order valence-corrected chi connectivity index (χ3v) is 14.7. The van der Waals surface area contributed by atoms with E-state index in [-0.39, 0.29) is 55.6 Å². The zero-order chi connectivity index (χ0) is 54.8. The first kappa shape index (κ1) is 60.3. The third kappa shape index (κ3) is 13.6. The first-order valence-corrected chi connectivity index (χ1v) is 27.3. The molecule has 8 heterocycles. The second kappa shape index (κ2) is 26.0. The lowest BCUT2D eigenvalue weighted by Crippen LogP contribution is -2.41. The Balaban J connectivity index is 0.000000210. The van der Waals surface area contributed by atoms with Crippen molar-refractivity contribution in [3.63, 3.8) is 0 Å². The molecule has 2 aliphatic rings. The summed E-state index contributed by atoms with van der Waals surface area (Å²) in [5, 5.41) is 4.97. The van der Waals surface area contributed by atoms with Crippen LogP contribution in [-0.2, 0) is 44.8 Å². The summed E-state index contributed by atoms with van der Waals surface area (Å²) in [5.41, 5.74) is 15.8. The molecule has 0 spiro atoms. The zero-order valence-corrected chi connectivity index (χ0v) is 49.2. The number of amides is 3. The SMILES string of the molecule is Cl.Cl.Cl.Cn1c(-c2cc3cccnc3n2CC2CC2)nc2cc(C(=O)N(CCN)CCc3cnc[nH]3)ccc21.Cn1c(-c2cc3cccnc3n2CC2CC2)nc2cc(C(=O)N(CCNC(=O)OC(C)(C)C)CCc3cnc[nH]3)ccc21. The molecule has 10 aromatic rings. The van der Waals surface area contributed by atoms with Crippen LogP contribution >= 0.6 is 37.2 Å². The summed E-state index contributed by atoms with van der Waals surface area (Å²) in [7, 11) is 4.04. The number of carbonyl (C=O) groups excluding carboxylic acids is 3. The molecule has 5 N–H and O–H groups in total. The highest BCUT2D eigenvalue weighted by Crippen LogP contribution is 2.38. The number of hydrogen-bond donors (Lipinski definition) is 4. The predicted molar refractivity (Wildman–Crippen MR) is 326 cm³/mol. The number of alkyl carbamates (subject to hydrolysis) is 1. The first-order valence-electron chi connectivity index (χ1n) is 27.3. The smallest absolute Gasteiger partial charge is 0.407 e. The number of nitrogens with two attached hydrogens (primary N) is 1. The molecule has 0 atom stereocenters. The number of pyridine rings is 2. The van der Waals surface area contributed by atoms with Gasteiger partial charge in [0.05, 0.1) is 46.1 Å². The molecular weight excluding hydrogens is 1100 g/mol. The lowest BCUT2D eigenvalue weighted by atomic mass is 10.1. The minimum absolute atomic E-state index is 0. The van der Waals surface area contributed by atoms with Gasteiger partial charge in [-0.05, 0) is 131 Å². The minimum Gasteiger partial charge on any atom is -0.444 e. The lowest BCUT2D eigenvalue weighted by Gasteiger charge is -2.24. The highest BCUT2D eigenvalue weighted by molar-refractivity contribution is 5.99. The summed E-state index contributed by atoms with van der Waals surface area (Å²) in [4.78, 5) is 76.7. The van der Waals surface area contributed by atoms with Crippen LogP contribution in [0.15, 0.2) is 110 Å². The van der Waals surface area contributed by atoms with Crippen LogP contribution in [-0.4, -0.2) is 131 Å². The van der Waals surface area contributed by atoms with Gasteiger partial charge in [-0.25, -0.2) is 34.7 Å². The van der Waals surface area contributed by atoms with Crippen molar-refractivity contribution in [1.82, 2.24) is 73.3 Å². The van der Waals surface area contributed by atoms with Crippen LogP contribution in [0.1, 0.15) is 78.6 Å². The van der Waals surface area contributed by atoms with Gasteiger partial charge < -0.3 is 53.8 Å². The largest absolute Gasteiger partial charge is 0.444 e. The van der Waals surface area contributed by atoms with Crippen molar-refractivity contribution in [3.05, 3.63) is 133 Å². The number of ether oxygens (including phenoxy) is 1. The number of benzene rings is 2. The summed E-state index contributed by atoms with van der Waals surface area (Å²) < 4.78 is 14.1. The summed E-state index contributed by atoms with van der Waals surface area (Å²) in [6, 6.07) is 23.9. The Morgan fingerprint density at radius 2 is 1.12 bits per heavy atom. The van der Waals surface area contributed by atoms with Gasteiger partial charge in [0, 0.05) is 137 Å². The van der Waals surface area contributed by atoms with Crippen molar-refractivity contribution in [2.75, 3.05) is 39.3 Å². The number of fused-ring (bicyclic) bond motifs is 4. The standard InChI is InChI=1S/C32H38N8O3.C27H30N8O.3ClH/c1-32(2,3)43-31(42)35-13-15-39(14-11-24-18-33-20-36-24)30(41)23-9-10-26-25(16-23)37-29(38(26)4)27-17-22-6-5-12-34-28(22)40(27)19-21-7-8-21;1-33-23-7-6-20(27(36)34(12-9-28)11-8-21-15-29-17-31-21)13-22(23)32-26(33)24-14-19-3-2-10-30-25(19)35(24)16-18-4-5-18;;;/h5-6,9-10,12,16-18,20-21H,7-8,11,13-15,19H2,1-4H3,(H,33,36)(H,35,42);2-3,6-7,10,13-15,17-18H,4-5,8-9,11-12,16,28H2,1H3,(H,29,31);3*1H. The van der Waals surface area contributed by atoms with Gasteiger partial charge in [0.25, 0.3) is 11.8 Å². The van der Waals surface area contributed by atoms with Crippen molar-refractivity contribution in [2.24, 2.45) is 31.7 Å². The van der Waals surface area contributed by atoms with E-state index in [1.807, 2.05) is 95.8 Å². The van der Waals surface area contributed by atoms with E-state index in [2.05, 4.69) is 77.8 Å². The molecule has 2 fully saturated rings. The van der Waals surface area contributed by atoms with E-state index in [9.17, 15) is 14.4 Å². The van der Waals surface area contributed by atoms with Crippen LogP contribution in [0.5, 0.6) is 0 Å². The molecule has 8 aromatic heterocycles.